The fraction of sp³-hybridized carbons (Fsp3) is 0.333. The molecule has 6 nitrogen and oxygen atoms in total. The highest BCUT2D eigenvalue weighted by Gasteiger charge is 2.16. The number of nitrogens with two attached hydrogens (primary N) is 1. The number of methoxy groups -OCH3 is 1. The van der Waals surface area contributed by atoms with Crippen molar-refractivity contribution in [2.24, 2.45) is 5.90 Å². The van der Waals surface area contributed by atoms with Crippen molar-refractivity contribution in [1.82, 2.24) is 0 Å². The molecule has 1 aromatic carbocycles. The number of hydrogen-bond acceptors (Lipinski definition) is 5. The Hall–Kier alpha value is -1.66. The van der Waals surface area contributed by atoms with Gasteiger partial charge in [-0.3, -0.25) is 15.0 Å². The Balaban J connectivity index is 3.18. The number of nitrogens with zero attached hydrogens (tertiary/aromatic N) is 1. The molecule has 1 unspecified atom stereocenters. The van der Waals surface area contributed by atoms with E-state index in [0.29, 0.717) is 11.3 Å². The average Bonchev–Trinajstić information content (AvgIpc) is 2.27. The van der Waals surface area contributed by atoms with Crippen molar-refractivity contribution in [3.05, 3.63) is 33.9 Å². The van der Waals surface area contributed by atoms with Crippen molar-refractivity contribution in [2.45, 2.75) is 13.0 Å². The van der Waals surface area contributed by atoms with E-state index in [1.807, 2.05) is 0 Å². The summed E-state index contributed by atoms with van der Waals surface area (Å²) in [5, 5.41) is 10.6. The highest BCUT2D eigenvalue weighted by molar-refractivity contribution is 5.44. The zero-order valence-corrected chi connectivity index (χ0v) is 8.47. The van der Waals surface area contributed by atoms with E-state index in [2.05, 4.69) is 4.84 Å². The van der Waals surface area contributed by atoms with E-state index in [4.69, 9.17) is 10.6 Å². The second-order valence-electron chi connectivity index (χ2n) is 2.96. The van der Waals surface area contributed by atoms with Gasteiger partial charge in [0, 0.05) is 17.7 Å². The van der Waals surface area contributed by atoms with E-state index in [9.17, 15) is 10.1 Å². The molecule has 0 fully saturated rings. The SMILES string of the molecule is COc1ccc([N+](=O)[O-])cc1C(C)ON. The fourth-order valence-corrected chi connectivity index (χ4v) is 1.23. The second-order valence-corrected chi connectivity index (χ2v) is 2.96. The van der Waals surface area contributed by atoms with Crippen LogP contribution in [0.15, 0.2) is 18.2 Å². The molecule has 0 spiro atoms. The molecule has 15 heavy (non-hydrogen) atoms. The molecule has 6 heteroatoms. The Morgan fingerprint density at radius 1 is 1.53 bits per heavy atom. The summed E-state index contributed by atoms with van der Waals surface area (Å²) in [6.07, 6.45) is -0.458. The smallest absolute Gasteiger partial charge is 0.270 e. The minimum Gasteiger partial charge on any atom is -0.496 e. The lowest BCUT2D eigenvalue weighted by Gasteiger charge is -2.12. The molecule has 0 heterocycles. The number of hydrogen-bond donors (Lipinski definition) is 1. The molecule has 0 radical (unpaired) electrons. The molecule has 1 aromatic rings. The number of benzene rings is 1. The highest BCUT2D eigenvalue weighted by Crippen LogP contribution is 2.30. The van der Waals surface area contributed by atoms with Gasteiger partial charge >= 0.3 is 0 Å². The summed E-state index contributed by atoms with van der Waals surface area (Å²) in [6, 6.07) is 4.27. The molecule has 0 bridgehead atoms. The standard InChI is InChI=1S/C9H12N2O4/c1-6(15-10)8-5-7(11(12)13)3-4-9(8)14-2/h3-6H,10H2,1-2H3. The molecule has 0 aliphatic carbocycles. The van der Waals surface area contributed by atoms with Crippen LogP contribution in [0.5, 0.6) is 5.75 Å². The minimum absolute atomic E-state index is 0.0188. The fourth-order valence-electron chi connectivity index (χ4n) is 1.23. The molecule has 0 aliphatic rings. The van der Waals surface area contributed by atoms with Gasteiger partial charge in [0.15, 0.2) is 0 Å². The van der Waals surface area contributed by atoms with Crippen molar-refractivity contribution in [1.29, 1.82) is 0 Å². The largest absolute Gasteiger partial charge is 0.496 e. The maximum Gasteiger partial charge on any atom is 0.270 e. The van der Waals surface area contributed by atoms with Gasteiger partial charge in [-0.05, 0) is 13.0 Å². The van der Waals surface area contributed by atoms with Crippen molar-refractivity contribution in [3.8, 4) is 5.75 Å². The van der Waals surface area contributed by atoms with E-state index >= 15 is 0 Å². The summed E-state index contributed by atoms with van der Waals surface area (Å²) >= 11 is 0. The lowest BCUT2D eigenvalue weighted by molar-refractivity contribution is -0.385. The first-order chi connectivity index (χ1) is 7.10. The van der Waals surface area contributed by atoms with E-state index in [1.165, 1.54) is 25.3 Å². The van der Waals surface area contributed by atoms with Gasteiger partial charge in [-0.1, -0.05) is 0 Å². The molecule has 2 N–H and O–H groups in total. The zero-order valence-electron chi connectivity index (χ0n) is 8.47. The molecule has 82 valence electrons. The van der Waals surface area contributed by atoms with E-state index in [-0.39, 0.29) is 5.69 Å². The zero-order chi connectivity index (χ0) is 11.4. The lowest BCUT2D eigenvalue weighted by atomic mass is 10.1. The van der Waals surface area contributed by atoms with Crippen molar-refractivity contribution >= 4 is 5.69 Å². The number of nitro groups is 1. The monoisotopic (exact) mass is 212 g/mol. The highest BCUT2D eigenvalue weighted by atomic mass is 16.6. The minimum atomic E-state index is -0.480. The van der Waals surface area contributed by atoms with Crippen molar-refractivity contribution < 1.29 is 14.5 Å². The summed E-state index contributed by atoms with van der Waals surface area (Å²) in [7, 11) is 1.48. The molecule has 0 aromatic heterocycles. The molecule has 0 saturated heterocycles. The second kappa shape index (κ2) is 4.72. The van der Waals surface area contributed by atoms with Gasteiger partial charge in [-0.15, -0.1) is 0 Å². The van der Waals surface area contributed by atoms with Crippen LogP contribution in [0.2, 0.25) is 0 Å². The van der Waals surface area contributed by atoms with Crippen molar-refractivity contribution in [2.75, 3.05) is 7.11 Å². The molecule has 1 rings (SSSR count). The molecular formula is C9H12N2O4. The first-order valence-corrected chi connectivity index (χ1v) is 4.28. The van der Waals surface area contributed by atoms with Crippen LogP contribution in [-0.2, 0) is 4.84 Å². The summed E-state index contributed by atoms with van der Waals surface area (Å²) in [5.74, 6) is 5.54. The molecular weight excluding hydrogens is 200 g/mol. The van der Waals surface area contributed by atoms with Gasteiger partial charge in [0.1, 0.15) is 11.9 Å². The third-order valence-corrected chi connectivity index (χ3v) is 2.07. The van der Waals surface area contributed by atoms with Crippen LogP contribution < -0.4 is 10.6 Å². The van der Waals surface area contributed by atoms with Crippen LogP contribution in [-0.4, -0.2) is 12.0 Å². The summed E-state index contributed by atoms with van der Waals surface area (Å²) in [5.41, 5.74) is 0.531. The van der Waals surface area contributed by atoms with Crippen LogP contribution >= 0.6 is 0 Å². The maximum absolute atomic E-state index is 10.6. The summed E-state index contributed by atoms with van der Waals surface area (Å²) in [4.78, 5) is 14.7. The number of rotatable bonds is 4. The predicted molar refractivity (Wildman–Crippen MR) is 53.3 cm³/mol. The Morgan fingerprint density at radius 3 is 2.67 bits per heavy atom. The number of ether oxygens (including phenoxy) is 1. The normalized spacial score (nSPS) is 12.2. The average molecular weight is 212 g/mol. The Bertz CT molecular complexity index is 367. The molecule has 1 atom stereocenters. The third-order valence-electron chi connectivity index (χ3n) is 2.07. The first-order valence-electron chi connectivity index (χ1n) is 4.28. The van der Waals surface area contributed by atoms with Crippen molar-refractivity contribution in [3.63, 3.8) is 0 Å². The van der Waals surface area contributed by atoms with Crippen LogP contribution in [0.4, 0.5) is 5.69 Å². The molecule has 0 saturated carbocycles. The summed E-state index contributed by atoms with van der Waals surface area (Å²) in [6.45, 7) is 1.68. The molecule has 0 amide bonds. The van der Waals surface area contributed by atoms with Gasteiger partial charge in [0.05, 0.1) is 12.0 Å². The number of nitro benzene ring substituents is 1. The Labute approximate surface area is 86.7 Å². The van der Waals surface area contributed by atoms with Gasteiger partial charge < -0.3 is 4.74 Å². The van der Waals surface area contributed by atoms with E-state index in [0.717, 1.165) is 0 Å². The topological polar surface area (TPSA) is 87.6 Å². The van der Waals surface area contributed by atoms with Crippen LogP contribution in [0.25, 0.3) is 0 Å². The van der Waals surface area contributed by atoms with E-state index in [1.54, 1.807) is 6.92 Å². The van der Waals surface area contributed by atoms with Gasteiger partial charge in [-0.2, -0.15) is 0 Å². The summed E-state index contributed by atoms with van der Waals surface area (Å²) < 4.78 is 5.04. The first kappa shape index (κ1) is 11.4. The Kier molecular flexibility index (Phi) is 3.59. The third kappa shape index (κ3) is 2.42. The van der Waals surface area contributed by atoms with Crippen LogP contribution in [0.1, 0.15) is 18.6 Å². The van der Waals surface area contributed by atoms with Gasteiger partial charge in [0.25, 0.3) is 5.69 Å². The quantitative estimate of drug-likeness (QED) is 0.604. The van der Waals surface area contributed by atoms with Gasteiger partial charge in [-0.25, -0.2) is 5.90 Å². The van der Waals surface area contributed by atoms with Crippen LogP contribution in [0, 0.1) is 10.1 Å². The van der Waals surface area contributed by atoms with Gasteiger partial charge in [0.2, 0.25) is 0 Å². The lowest BCUT2D eigenvalue weighted by Crippen LogP contribution is -2.07. The molecule has 0 aliphatic heterocycles. The van der Waals surface area contributed by atoms with Crippen LogP contribution in [0.3, 0.4) is 0 Å². The Morgan fingerprint density at radius 2 is 2.20 bits per heavy atom. The predicted octanol–water partition coefficient (Wildman–Crippen LogP) is 1.55. The maximum atomic E-state index is 10.6. The van der Waals surface area contributed by atoms with E-state index < -0.39 is 11.0 Å². The number of non-ortho nitro benzene ring substituents is 1.